The van der Waals surface area contributed by atoms with Gasteiger partial charge in [0.05, 0.1) is 5.69 Å². The van der Waals surface area contributed by atoms with E-state index < -0.39 is 17.7 Å². The second kappa shape index (κ2) is 4.81. The van der Waals surface area contributed by atoms with Crippen LogP contribution in [0.3, 0.4) is 0 Å². The van der Waals surface area contributed by atoms with Crippen molar-refractivity contribution in [2.75, 3.05) is 0 Å². The van der Waals surface area contributed by atoms with Gasteiger partial charge in [0.1, 0.15) is 11.6 Å². The van der Waals surface area contributed by atoms with Gasteiger partial charge in [0.25, 0.3) is 0 Å². The van der Waals surface area contributed by atoms with Gasteiger partial charge >= 0.3 is 0 Å². The molecule has 1 heterocycles. The number of nitrogens with zero attached hydrogens (tertiary/aromatic N) is 3. The Labute approximate surface area is 103 Å². The Hall–Kier alpha value is -1.82. The Balaban J connectivity index is 2.28. The number of nitrogens with two attached hydrogens (primary N) is 1. The second-order valence-electron chi connectivity index (χ2n) is 4.29. The van der Waals surface area contributed by atoms with Crippen molar-refractivity contribution in [1.29, 1.82) is 0 Å². The molecule has 1 aromatic heterocycles. The van der Waals surface area contributed by atoms with Gasteiger partial charge in [-0.05, 0) is 18.6 Å². The van der Waals surface area contributed by atoms with Crippen molar-refractivity contribution in [1.82, 2.24) is 15.0 Å². The lowest BCUT2D eigenvalue weighted by Crippen LogP contribution is -2.17. The lowest BCUT2D eigenvalue weighted by atomic mass is 9.99. The van der Waals surface area contributed by atoms with Crippen molar-refractivity contribution in [3.63, 3.8) is 0 Å². The fraction of sp³-hybridized carbons (Fsp3) is 0.333. The molecule has 2 rings (SSSR count). The summed E-state index contributed by atoms with van der Waals surface area (Å²) in [5.74, 6) is -1.22. The molecule has 6 heteroatoms. The molecule has 0 bridgehead atoms. The molecule has 0 aliphatic carbocycles. The van der Waals surface area contributed by atoms with Crippen molar-refractivity contribution < 1.29 is 8.78 Å². The molecule has 1 aromatic carbocycles. The Kier molecular flexibility index (Phi) is 3.38. The summed E-state index contributed by atoms with van der Waals surface area (Å²) >= 11 is 0. The van der Waals surface area contributed by atoms with E-state index in [9.17, 15) is 8.78 Å². The molecule has 1 atom stereocenters. The average molecular weight is 252 g/mol. The quantitative estimate of drug-likeness (QED) is 0.903. The van der Waals surface area contributed by atoms with Crippen LogP contribution in [0.25, 0.3) is 0 Å². The number of rotatable bonds is 3. The maximum absolute atomic E-state index is 13.9. The van der Waals surface area contributed by atoms with Crippen molar-refractivity contribution in [2.24, 2.45) is 12.8 Å². The van der Waals surface area contributed by atoms with Gasteiger partial charge in [-0.1, -0.05) is 11.3 Å². The predicted molar refractivity (Wildman–Crippen MR) is 62.7 cm³/mol. The largest absolute Gasteiger partial charge is 0.323 e. The number of hydrogen-bond acceptors (Lipinski definition) is 3. The first-order chi connectivity index (χ1) is 8.49. The molecular weight excluding hydrogens is 238 g/mol. The normalized spacial score (nSPS) is 12.7. The first-order valence-electron chi connectivity index (χ1n) is 5.54. The number of halogens is 2. The summed E-state index contributed by atoms with van der Waals surface area (Å²) in [6.07, 6.45) is 1.91. The topological polar surface area (TPSA) is 56.7 Å². The molecule has 2 N–H and O–H groups in total. The number of aryl methyl sites for hydroxylation is 2. The fourth-order valence-electron chi connectivity index (χ4n) is 1.83. The highest BCUT2D eigenvalue weighted by Crippen LogP contribution is 2.23. The van der Waals surface area contributed by atoms with Crippen LogP contribution < -0.4 is 5.73 Å². The zero-order valence-electron chi connectivity index (χ0n) is 10.2. The third-order valence-electron chi connectivity index (χ3n) is 2.77. The summed E-state index contributed by atoms with van der Waals surface area (Å²) in [7, 11) is 1.72. The van der Waals surface area contributed by atoms with Crippen LogP contribution in [0.4, 0.5) is 8.78 Å². The summed E-state index contributed by atoms with van der Waals surface area (Å²) in [5.41, 5.74) is 6.73. The Morgan fingerprint density at radius 2 is 2.11 bits per heavy atom. The van der Waals surface area contributed by atoms with Crippen LogP contribution in [0.2, 0.25) is 0 Å². The van der Waals surface area contributed by atoms with E-state index in [4.69, 9.17) is 5.73 Å². The van der Waals surface area contributed by atoms with Gasteiger partial charge in [-0.2, -0.15) is 0 Å². The third kappa shape index (κ3) is 2.38. The number of aromatic nitrogens is 3. The summed E-state index contributed by atoms with van der Waals surface area (Å²) in [6, 6.07) is 1.84. The molecule has 0 aliphatic heterocycles. The summed E-state index contributed by atoms with van der Waals surface area (Å²) in [4.78, 5) is 0. The number of benzene rings is 1. The molecule has 18 heavy (non-hydrogen) atoms. The average Bonchev–Trinajstić information content (AvgIpc) is 2.70. The maximum Gasteiger partial charge on any atom is 0.133 e. The van der Waals surface area contributed by atoms with Gasteiger partial charge in [-0.15, -0.1) is 5.10 Å². The van der Waals surface area contributed by atoms with Crippen LogP contribution in [-0.4, -0.2) is 15.0 Å². The van der Waals surface area contributed by atoms with Crippen LogP contribution in [0.15, 0.2) is 18.3 Å². The second-order valence-corrected chi connectivity index (χ2v) is 4.29. The molecule has 4 nitrogen and oxygen atoms in total. The van der Waals surface area contributed by atoms with E-state index in [1.807, 2.05) is 0 Å². The van der Waals surface area contributed by atoms with Gasteiger partial charge in [0, 0.05) is 31.3 Å². The van der Waals surface area contributed by atoms with Gasteiger partial charge < -0.3 is 5.73 Å². The van der Waals surface area contributed by atoms with Crippen molar-refractivity contribution in [2.45, 2.75) is 19.4 Å². The molecule has 0 fully saturated rings. The SMILES string of the molecule is Cc1ccc(F)c(C(N)Cc2cn(C)nn2)c1F. The molecule has 0 aliphatic rings. The van der Waals surface area contributed by atoms with E-state index in [0.717, 1.165) is 0 Å². The molecule has 2 aromatic rings. The summed E-state index contributed by atoms with van der Waals surface area (Å²) < 4.78 is 29.0. The van der Waals surface area contributed by atoms with Gasteiger partial charge in [-0.3, -0.25) is 4.68 Å². The van der Waals surface area contributed by atoms with Crippen LogP contribution >= 0.6 is 0 Å². The molecule has 0 saturated heterocycles. The van der Waals surface area contributed by atoms with Crippen molar-refractivity contribution in [3.05, 3.63) is 46.8 Å². The maximum atomic E-state index is 13.9. The Bertz CT molecular complexity index is 565. The zero-order chi connectivity index (χ0) is 13.3. The van der Waals surface area contributed by atoms with E-state index in [1.165, 1.54) is 16.8 Å². The Morgan fingerprint density at radius 3 is 2.72 bits per heavy atom. The summed E-state index contributed by atoms with van der Waals surface area (Å²) in [6.45, 7) is 1.58. The molecule has 0 saturated carbocycles. The minimum Gasteiger partial charge on any atom is -0.323 e. The molecule has 0 spiro atoms. The van der Waals surface area contributed by atoms with Crippen molar-refractivity contribution in [3.8, 4) is 0 Å². The predicted octanol–water partition coefficient (Wildman–Crippen LogP) is 1.64. The highest BCUT2D eigenvalue weighted by Gasteiger charge is 2.19. The lowest BCUT2D eigenvalue weighted by Gasteiger charge is -2.13. The highest BCUT2D eigenvalue weighted by atomic mass is 19.1. The van der Waals surface area contributed by atoms with E-state index in [-0.39, 0.29) is 12.0 Å². The standard InChI is InChI=1S/C12H14F2N4/c1-7-3-4-9(13)11(12(7)14)10(15)5-8-6-18(2)17-16-8/h3-4,6,10H,5,15H2,1-2H3. The van der Waals surface area contributed by atoms with E-state index in [2.05, 4.69) is 10.3 Å². The third-order valence-corrected chi connectivity index (χ3v) is 2.77. The van der Waals surface area contributed by atoms with Gasteiger partial charge in [0.2, 0.25) is 0 Å². The van der Waals surface area contributed by atoms with Crippen LogP contribution in [0.5, 0.6) is 0 Å². The molecule has 96 valence electrons. The van der Waals surface area contributed by atoms with Gasteiger partial charge in [-0.25, -0.2) is 8.78 Å². The Morgan fingerprint density at radius 1 is 1.39 bits per heavy atom. The van der Waals surface area contributed by atoms with Crippen LogP contribution in [-0.2, 0) is 13.5 Å². The van der Waals surface area contributed by atoms with E-state index in [0.29, 0.717) is 11.3 Å². The molecule has 1 unspecified atom stereocenters. The van der Waals surface area contributed by atoms with E-state index >= 15 is 0 Å². The number of hydrogen-bond donors (Lipinski definition) is 1. The van der Waals surface area contributed by atoms with E-state index in [1.54, 1.807) is 20.2 Å². The highest BCUT2D eigenvalue weighted by molar-refractivity contribution is 5.29. The van der Waals surface area contributed by atoms with Crippen molar-refractivity contribution >= 4 is 0 Å². The first-order valence-corrected chi connectivity index (χ1v) is 5.54. The molecule has 0 radical (unpaired) electrons. The lowest BCUT2D eigenvalue weighted by molar-refractivity contribution is 0.518. The molecule has 0 amide bonds. The minimum absolute atomic E-state index is 0.0966. The monoisotopic (exact) mass is 252 g/mol. The fourth-order valence-corrected chi connectivity index (χ4v) is 1.83. The smallest absolute Gasteiger partial charge is 0.133 e. The zero-order valence-corrected chi connectivity index (χ0v) is 10.2. The first kappa shape index (κ1) is 12.6. The minimum atomic E-state index is -0.776. The van der Waals surface area contributed by atoms with Gasteiger partial charge in [0.15, 0.2) is 0 Å². The summed E-state index contributed by atoms with van der Waals surface area (Å²) in [5, 5.41) is 7.60. The van der Waals surface area contributed by atoms with Crippen LogP contribution in [0.1, 0.15) is 22.9 Å². The molecular formula is C12H14F2N4. The van der Waals surface area contributed by atoms with Crippen LogP contribution in [0, 0.1) is 18.6 Å².